The van der Waals surface area contributed by atoms with Gasteiger partial charge in [-0.05, 0) is 31.7 Å². The molecule has 24 heavy (non-hydrogen) atoms. The van der Waals surface area contributed by atoms with Crippen LogP contribution in [0.1, 0.15) is 59.8 Å². The maximum absolute atomic E-state index is 12.3. The Morgan fingerprint density at radius 3 is 2.29 bits per heavy atom. The first-order valence-electron chi connectivity index (χ1n) is 8.01. The summed E-state index contributed by atoms with van der Waals surface area (Å²) in [6.07, 6.45) is -0.395. The van der Waals surface area contributed by atoms with Crippen LogP contribution in [0.2, 0.25) is 0 Å². The third kappa shape index (κ3) is 4.59. The predicted octanol–water partition coefficient (Wildman–Crippen LogP) is 1.99. The highest BCUT2D eigenvalue weighted by Gasteiger charge is 2.26. The maximum Gasteiger partial charge on any atom is 0.355 e. The molecule has 1 heterocycles. The molecule has 134 valence electrons. The lowest BCUT2D eigenvalue weighted by molar-refractivity contribution is -0.129. The van der Waals surface area contributed by atoms with Crippen molar-refractivity contribution < 1.29 is 23.9 Å². The van der Waals surface area contributed by atoms with Crippen LogP contribution in [0.5, 0.6) is 0 Å². The minimum atomic E-state index is -0.925. The molecule has 7 heteroatoms. The lowest BCUT2D eigenvalue weighted by atomic mass is 10.1. The topological polar surface area (TPSA) is 97.5 Å². The van der Waals surface area contributed by atoms with E-state index >= 15 is 0 Å². The summed E-state index contributed by atoms with van der Waals surface area (Å²) in [7, 11) is 1.29. The average Bonchev–Trinajstić information content (AvgIpc) is 2.88. The number of aromatic nitrogens is 1. The Bertz CT molecular complexity index is 619. The average molecular weight is 338 g/mol. The van der Waals surface area contributed by atoms with E-state index in [9.17, 15) is 14.4 Å². The van der Waals surface area contributed by atoms with E-state index in [2.05, 4.69) is 10.3 Å². The molecule has 1 aromatic rings. The first-order chi connectivity index (χ1) is 11.2. The second kappa shape index (κ2) is 8.52. The number of carbonyl (C=O) groups is 3. The highest BCUT2D eigenvalue weighted by molar-refractivity contribution is 5.99. The van der Waals surface area contributed by atoms with Crippen molar-refractivity contribution in [1.82, 2.24) is 10.3 Å². The SMILES string of the molecule is CCc1[nH]c(C(=O)OC(C)C(=O)NCC(C)C)c(C)c1C(=O)OC. The second-order valence-electron chi connectivity index (χ2n) is 6.01. The predicted molar refractivity (Wildman–Crippen MR) is 89.0 cm³/mol. The molecule has 1 rings (SSSR count). The van der Waals surface area contributed by atoms with Crippen molar-refractivity contribution in [2.45, 2.75) is 47.1 Å². The standard InChI is InChI=1S/C17H26N2O5/c1-7-12-13(16(21)23-6)10(4)14(19-12)17(22)24-11(5)15(20)18-8-9(2)3/h9,11,19H,7-8H2,1-6H3,(H,18,20). The summed E-state index contributed by atoms with van der Waals surface area (Å²) in [5, 5.41) is 2.71. The highest BCUT2D eigenvalue weighted by atomic mass is 16.5. The molecule has 0 fully saturated rings. The van der Waals surface area contributed by atoms with Gasteiger partial charge in [-0.2, -0.15) is 0 Å². The summed E-state index contributed by atoms with van der Waals surface area (Å²) in [6, 6.07) is 0. The lowest BCUT2D eigenvalue weighted by Gasteiger charge is -2.14. The van der Waals surface area contributed by atoms with Crippen LogP contribution in [0.25, 0.3) is 0 Å². The largest absolute Gasteiger partial charge is 0.465 e. The van der Waals surface area contributed by atoms with E-state index in [0.717, 1.165) is 0 Å². The van der Waals surface area contributed by atoms with Crippen molar-refractivity contribution in [2.24, 2.45) is 5.92 Å². The number of aromatic amines is 1. The Labute approximate surface area is 142 Å². The number of ether oxygens (including phenoxy) is 2. The number of methoxy groups -OCH3 is 1. The minimum absolute atomic E-state index is 0.163. The van der Waals surface area contributed by atoms with Crippen molar-refractivity contribution in [2.75, 3.05) is 13.7 Å². The molecule has 1 amide bonds. The number of amides is 1. The summed E-state index contributed by atoms with van der Waals surface area (Å²) < 4.78 is 9.95. The number of aryl methyl sites for hydroxylation is 1. The third-order valence-electron chi connectivity index (χ3n) is 3.61. The smallest absolute Gasteiger partial charge is 0.355 e. The highest BCUT2D eigenvalue weighted by Crippen LogP contribution is 2.21. The number of carbonyl (C=O) groups excluding carboxylic acids is 3. The first kappa shape index (κ1) is 19.7. The van der Waals surface area contributed by atoms with Gasteiger partial charge < -0.3 is 19.8 Å². The summed E-state index contributed by atoms with van der Waals surface area (Å²) in [5.74, 6) is -1.24. The van der Waals surface area contributed by atoms with Crippen molar-refractivity contribution >= 4 is 17.8 Å². The molecule has 0 bridgehead atoms. The van der Waals surface area contributed by atoms with Gasteiger partial charge >= 0.3 is 11.9 Å². The van der Waals surface area contributed by atoms with Crippen LogP contribution < -0.4 is 5.32 Å². The maximum atomic E-state index is 12.3. The van der Waals surface area contributed by atoms with Gasteiger partial charge in [0.05, 0.1) is 12.7 Å². The van der Waals surface area contributed by atoms with Gasteiger partial charge in [0.1, 0.15) is 5.69 Å². The van der Waals surface area contributed by atoms with E-state index in [0.29, 0.717) is 35.7 Å². The van der Waals surface area contributed by atoms with Gasteiger partial charge in [-0.15, -0.1) is 0 Å². The van der Waals surface area contributed by atoms with E-state index in [1.165, 1.54) is 14.0 Å². The molecule has 1 atom stereocenters. The fourth-order valence-corrected chi connectivity index (χ4v) is 2.23. The molecule has 1 aromatic heterocycles. The number of esters is 2. The summed E-state index contributed by atoms with van der Waals surface area (Å²) in [5.41, 5.74) is 1.56. The normalized spacial score (nSPS) is 12.0. The molecule has 0 spiro atoms. The molecule has 0 radical (unpaired) electrons. The van der Waals surface area contributed by atoms with Gasteiger partial charge in [0.25, 0.3) is 5.91 Å². The summed E-state index contributed by atoms with van der Waals surface area (Å²) in [6.45, 7) is 9.46. The monoisotopic (exact) mass is 338 g/mol. The van der Waals surface area contributed by atoms with Crippen LogP contribution in [0.15, 0.2) is 0 Å². The minimum Gasteiger partial charge on any atom is -0.465 e. The van der Waals surface area contributed by atoms with Crippen LogP contribution in [0, 0.1) is 12.8 Å². The summed E-state index contributed by atoms with van der Waals surface area (Å²) in [4.78, 5) is 39.0. The van der Waals surface area contributed by atoms with E-state index in [4.69, 9.17) is 9.47 Å². The third-order valence-corrected chi connectivity index (χ3v) is 3.61. The summed E-state index contributed by atoms with van der Waals surface area (Å²) >= 11 is 0. The molecule has 0 aliphatic carbocycles. The Hall–Kier alpha value is -2.31. The van der Waals surface area contributed by atoms with Crippen molar-refractivity contribution in [3.63, 3.8) is 0 Å². The van der Waals surface area contributed by atoms with Crippen molar-refractivity contribution in [1.29, 1.82) is 0 Å². The van der Waals surface area contributed by atoms with E-state index in [-0.39, 0.29) is 11.6 Å². The molecule has 0 aromatic carbocycles. The van der Waals surface area contributed by atoms with Gasteiger partial charge in [-0.25, -0.2) is 9.59 Å². The number of hydrogen-bond acceptors (Lipinski definition) is 5. The van der Waals surface area contributed by atoms with Gasteiger partial charge in [0.15, 0.2) is 6.10 Å². The van der Waals surface area contributed by atoms with E-state index in [1.54, 1.807) is 6.92 Å². The molecule has 1 unspecified atom stereocenters. The van der Waals surface area contributed by atoms with Crippen LogP contribution in [-0.2, 0) is 20.7 Å². The molecular formula is C17H26N2O5. The molecule has 0 aliphatic rings. The fraction of sp³-hybridized carbons (Fsp3) is 0.588. The quantitative estimate of drug-likeness (QED) is 0.741. The number of rotatable bonds is 7. The van der Waals surface area contributed by atoms with Gasteiger partial charge in [0.2, 0.25) is 0 Å². The molecule has 0 saturated carbocycles. The van der Waals surface area contributed by atoms with Crippen molar-refractivity contribution in [3.05, 3.63) is 22.5 Å². The molecule has 0 saturated heterocycles. The zero-order chi connectivity index (χ0) is 18.4. The zero-order valence-corrected chi connectivity index (χ0v) is 15.1. The Kier molecular flexibility index (Phi) is 7.00. The molecule has 7 nitrogen and oxygen atoms in total. The van der Waals surface area contributed by atoms with Gasteiger partial charge in [0, 0.05) is 12.2 Å². The second-order valence-corrected chi connectivity index (χ2v) is 6.01. The number of nitrogens with one attached hydrogen (secondary N) is 2. The first-order valence-corrected chi connectivity index (χ1v) is 8.01. The van der Waals surface area contributed by atoms with Crippen LogP contribution >= 0.6 is 0 Å². The number of hydrogen-bond donors (Lipinski definition) is 2. The Morgan fingerprint density at radius 1 is 1.17 bits per heavy atom. The molecular weight excluding hydrogens is 312 g/mol. The fourth-order valence-electron chi connectivity index (χ4n) is 2.23. The number of H-pyrrole nitrogens is 1. The van der Waals surface area contributed by atoms with Gasteiger partial charge in [-0.3, -0.25) is 4.79 Å². The van der Waals surface area contributed by atoms with Crippen LogP contribution in [0.4, 0.5) is 0 Å². The van der Waals surface area contributed by atoms with E-state index in [1.807, 2.05) is 20.8 Å². The Balaban J connectivity index is 2.90. The lowest BCUT2D eigenvalue weighted by Crippen LogP contribution is -2.37. The Morgan fingerprint density at radius 2 is 1.79 bits per heavy atom. The van der Waals surface area contributed by atoms with Crippen molar-refractivity contribution in [3.8, 4) is 0 Å². The van der Waals surface area contributed by atoms with Crippen LogP contribution in [-0.4, -0.2) is 42.6 Å². The zero-order valence-electron chi connectivity index (χ0n) is 15.1. The van der Waals surface area contributed by atoms with Gasteiger partial charge in [-0.1, -0.05) is 20.8 Å². The van der Waals surface area contributed by atoms with E-state index < -0.39 is 18.0 Å². The molecule has 0 aliphatic heterocycles. The molecule has 2 N–H and O–H groups in total. The van der Waals surface area contributed by atoms with Crippen LogP contribution in [0.3, 0.4) is 0 Å².